The van der Waals surface area contributed by atoms with Crippen LogP contribution in [0.3, 0.4) is 0 Å². The van der Waals surface area contributed by atoms with E-state index in [0.29, 0.717) is 12.5 Å². The second-order valence-electron chi connectivity index (χ2n) is 6.17. The van der Waals surface area contributed by atoms with E-state index in [1.165, 1.54) is 12.0 Å². The number of carbonyl (C=O) groups is 1. The van der Waals surface area contributed by atoms with Gasteiger partial charge in [0.1, 0.15) is 0 Å². The maximum absolute atomic E-state index is 11.9. The number of carbonyl (C=O) groups excluding carboxylic acids is 1. The Labute approximate surface area is 133 Å². The molecule has 1 unspecified atom stereocenters. The Balaban J connectivity index is 1.58. The van der Waals surface area contributed by atoms with Crippen molar-refractivity contribution in [2.45, 2.75) is 45.1 Å². The van der Waals surface area contributed by atoms with E-state index >= 15 is 0 Å². The number of aliphatic hydroxyl groups excluding tert-OH is 1. The second kappa shape index (κ2) is 8.91. The number of likely N-dealkylation sites (tertiary alicyclic amines) is 1. The molecule has 1 heterocycles. The first-order chi connectivity index (χ1) is 10.7. The summed E-state index contributed by atoms with van der Waals surface area (Å²) in [7, 11) is 0. The molecule has 0 spiro atoms. The fraction of sp³-hybridized carbons (Fsp3) is 0.611. The summed E-state index contributed by atoms with van der Waals surface area (Å²) < 4.78 is 0. The molecule has 1 atom stereocenters. The van der Waals surface area contributed by atoms with Crippen LogP contribution in [0.2, 0.25) is 0 Å². The zero-order valence-electron chi connectivity index (χ0n) is 13.6. The average molecular weight is 304 g/mol. The number of hydrogen-bond acceptors (Lipinski definition) is 3. The van der Waals surface area contributed by atoms with Gasteiger partial charge in [-0.25, -0.2) is 0 Å². The summed E-state index contributed by atoms with van der Waals surface area (Å²) in [5, 5.41) is 12.3. The Morgan fingerprint density at radius 3 is 2.95 bits per heavy atom. The normalized spacial score (nSPS) is 18.5. The lowest BCUT2D eigenvalue weighted by atomic mass is 10.1. The number of nitrogens with one attached hydrogen (secondary N) is 1. The molecule has 2 N–H and O–H groups in total. The second-order valence-corrected chi connectivity index (χ2v) is 6.17. The Morgan fingerprint density at radius 1 is 1.36 bits per heavy atom. The molecule has 0 saturated carbocycles. The fourth-order valence-corrected chi connectivity index (χ4v) is 3.11. The summed E-state index contributed by atoms with van der Waals surface area (Å²) in [6.45, 7) is 5.18. The molecule has 1 aliphatic heterocycles. The van der Waals surface area contributed by atoms with Crippen molar-refractivity contribution in [2.24, 2.45) is 0 Å². The lowest BCUT2D eigenvalue weighted by molar-refractivity contribution is -0.120. The first kappa shape index (κ1) is 17.0. The molecule has 1 aliphatic rings. The summed E-state index contributed by atoms with van der Waals surface area (Å²) >= 11 is 0. The number of nitrogens with zero attached hydrogens (tertiary/aromatic N) is 1. The summed E-state index contributed by atoms with van der Waals surface area (Å²) in [6, 6.07) is 8.38. The van der Waals surface area contributed by atoms with Crippen molar-refractivity contribution < 1.29 is 9.90 Å². The van der Waals surface area contributed by atoms with Crippen molar-refractivity contribution in [1.29, 1.82) is 0 Å². The van der Waals surface area contributed by atoms with Crippen molar-refractivity contribution in [1.82, 2.24) is 10.2 Å². The Kier molecular flexibility index (Phi) is 6.87. The fourth-order valence-electron chi connectivity index (χ4n) is 3.11. The molecule has 1 saturated heterocycles. The van der Waals surface area contributed by atoms with Gasteiger partial charge < -0.3 is 10.4 Å². The zero-order valence-corrected chi connectivity index (χ0v) is 13.6. The van der Waals surface area contributed by atoms with Gasteiger partial charge in [-0.2, -0.15) is 0 Å². The molecular formula is C18H28N2O2. The maximum Gasteiger partial charge on any atom is 0.224 e. The van der Waals surface area contributed by atoms with E-state index < -0.39 is 0 Å². The number of unbranched alkanes of at least 4 members (excludes halogenated alkanes) is 1. The van der Waals surface area contributed by atoms with E-state index in [2.05, 4.69) is 10.2 Å². The highest BCUT2D eigenvalue weighted by Gasteiger charge is 2.22. The van der Waals surface area contributed by atoms with E-state index in [4.69, 9.17) is 0 Å². The van der Waals surface area contributed by atoms with Gasteiger partial charge in [-0.05, 0) is 56.8 Å². The van der Waals surface area contributed by atoms with E-state index in [9.17, 15) is 9.90 Å². The van der Waals surface area contributed by atoms with Crippen LogP contribution < -0.4 is 5.32 Å². The first-order valence-corrected chi connectivity index (χ1v) is 8.37. The van der Waals surface area contributed by atoms with Crippen LogP contribution in [0.1, 0.15) is 36.8 Å². The van der Waals surface area contributed by atoms with Crippen molar-refractivity contribution in [3.63, 3.8) is 0 Å². The smallest absolute Gasteiger partial charge is 0.224 e. The molecule has 0 aromatic heterocycles. The van der Waals surface area contributed by atoms with Crippen LogP contribution in [0, 0.1) is 6.92 Å². The van der Waals surface area contributed by atoms with Crippen molar-refractivity contribution in [3.05, 3.63) is 35.4 Å². The molecule has 1 fully saturated rings. The third-order valence-electron chi connectivity index (χ3n) is 4.52. The molecule has 0 radical (unpaired) electrons. The van der Waals surface area contributed by atoms with Gasteiger partial charge in [0.2, 0.25) is 5.91 Å². The van der Waals surface area contributed by atoms with Gasteiger partial charge in [-0.15, -0.1) is 0 Å². The predicted octanol–water partition coefficient (Wildman–Crippen LogP) is 1.89. The van der Waals surface area contributed by atoms with Gasteiger partial charge in [0.15, 0.2) is 0 Å². The van der Waals surface area contributed by atoms with Crippen LogP contribution in [-0.2, 0) is 11.2 Å². The molecule has 1 aromatic rings. The van der Waals surface area contributed by atoms with Crippen LogP contribution >= 0.6 is 0 Å². The third-order valence-corrected chi connectivity index (χ3v) is 4.52. The van der Waals surface area contributed by atoms with Crippen LogP contribution in [0.5, 0.6) is 0 Å². The summed E-state index contributed by atoms with van der Waals surface area (Å²) in [5.41, 5.74) is 2.27. The molecule has 4 heteroatoms. The predicted molar refractivity (Wildman–Crippen MR) is 88.8 cm³/mol. The van der Waals surface area contributed by atoms with Crippen molar-refractivity contribution in [3.8, 4) is 0 Å². The molecule has 4 nitrogen and oxygen atoms in total. The van der Waals surface area contributed by atoms with Gasteiger partial charge in [0.05, 0.1) is 13.0 Å². The molecule has 2 rings (SSSR count). The van der Waals surface area contributed by atoms with Crippen LogP contribution in [0.4, 0.5) is 0 Å². The monoisotopic (exact) mass is 304 g/mol. The topological polar surface area (TPSA) is 52.6 Å². The number of aryl methyl sites for hydroxylation is 1. The van der Waals surface area contributed by atoms with Crippen molar-refractivity contribution >= 4 is 5.91 Å². The van der Waals surface area contributed by atoms with Crippen LogP contribution in [0.15, 0.2) is 24.3 Å². The highest BCUT2D eigenvalue weighted by molar-refractivity contribution is 5.78. The quantitative estimate of drug-likeness (QED) is 0.721. The number of rotatable bonds is 8. The largest absolute Gasteiger partial charge is 0.395 e. The van der Waals surface area contributed by atoms with E-state index in [1.807, 2.05) is 31.2 Å². The van der Waals surface area contributed by atoms with Crippen LogP contribution in [-0.4, -0.2) is 48.2 Å². The minimum atomic E-state index is 0.101. The lowest BCUT2D eigenvalue weighted by Gasteiger charge is -2.22. The molecular weight excluding hydrogens is 276 g/mol. The minimum Gasteiger partial charge on any atom is -0.395 e. The third kappa shape index (κ3) is 5.11. The van der Waals surface area contributed by atoms with Gasteiger partial charge in [-0.3, -0.25) is 9.69 Å². The van der Waals surface area contributed by atoms with E-state index in [-0.39, 0.29) is 12.5 Å². The maximum atomic E-state index is 11.9. The Morgan fingerprint density at radius 2 is 2.18 bits per heavy atom. The van der Waals surface area contributed by atoms with Gasteiger partial charge >= 0.3 is 0 Å². The Bertz CT molecular complexity index is 476. The minimum absolute atomic E-state index is 0.101. The average Bonchev–Trinajstić information content (AvgIpc) is 2.97. The Hall–Kier alpha value is -1.39. The van der Waals surface area contributed by atoms with Crippen molar-refractivity contribution in [2.75, 3.05) is 26.2 Å². The SMILES string of the molecule is Cc1ccccc1CC(=O)NCCCCN1CCCC1CO. The molecule has 22 heavy (non-hydrogen) atoms. The highest BCUT2D eigenvalue weighted by Crippen LogP contribution is 2.16. The molecule has 122 valence electrons. The van der Waals surface area contributed by atoms with Gasteiger partial charge in [-0.1, -0.05) is 24.3 Å². The number of hydrogen-bond donors (Lipinski definition) is 2. The van der Waals surface area contributed by atoms with Crippen LogP contribution in [0.25, 0.3) is 0 Å². The standard InChI is InChI=1S/C18H28N2O2/c1-15-7-2-3-8-16(15)13-18(22)19-10-4-5-11-20-12-6-9-17(20)14-21/h2-3,7-8,17,21H,4-6,9-14H2,1H3,(H,19,22). The summed E-state index contributed by atoms with van der Waals surface area (Å²) in [5.74, 6) is 0.101. The zero-order chi connectivity index (χ0) is 15.8. The van der Waals surface area contributed by atoms with Gasteiger partial charge in [0, 0.05) is 12.6 Å². The molecule has 1 aromatic carbocycles. The molecule has 1 amide bonds. The lowest BCUT2D eigenvalue weighted by Crippen LogP contribution is -2.33. The number of benzene rings is 1. The number of aliphatic hydroxyl groups is 1. The molecule has 0 bridgehead atoms. The summed E-state index contributed by atoms with van der Waals surface area (Å²) in [6.07, 6.45) is 4.84. The summed E-state index contributed by atoms with van der Waals surface area (Å²) in [4.78, 5) is 14.3. The first-order valence-electron chi connectivity index (χ1n) is 8.37. The highest BCUT2D eigenvalue weighted by atomic mass is 16.3. The number of amides is 1. The van der Waals surface area contributed by atoms with E-state index in [0.717, 1.165) is 44.5 Å². The van der Waals surface area contributed by atoms with E-state index in [1.54, 1.807) is 0 Å². The molecule has 0 aliphatic carbocycles. The van der Waals surface area contributed by atoms with Gasteiger partial charge in [0.25, 0.3) is 0 Å².